The molecule has 0 aliphatic carbocycles. The molecule has 8 nitrogen and oxygen atoms in total. The number of benzene rings is 1. The van der Waals surface area contributed by atoms with Crippen LogP contribution in [0.5, 0.6) is 0 Å². The number of hydrogen-bond donors (Lipinski definition) is 2. The van der Waals surface area contributed by atoms with Crippen LogP contribution in [-0.2, 0) is 14.3 Å². The summed E-state index contributed by atoms with van der Waals surface area (Å²) in [6.45, 7) is 1.97. The summed E-state index contributed by atoms with van der Waals surface area (Å²) >= 11 is 4.74. The summed E-state index contributed by atoms with van der Waals surface area (Å²) in [5, 5.41) is 14.7. The number of carboxylic acid groups (broad SMARTS) is 1. The number of likely N-dealkylation sites (tertiary alicyclic amines) is 1. The number of rotatable bonds is 8. The van der Waals surface area contributed by atoms with Crippen LogP contribution in [0.3, 0.4) is 0 Å². The highest BCUT2D eigenvalue weighted by atomic mass is 79.9. The Morgan fingerprint density at radius 3 is 2.86 bits per heavy atom. The number of aliphatic carboxylic acids is 1. The van der Waals surface area contributed by atoms with Crippen molar-refractivity contribution < 1.29 is 28.2 Å². The monoisotopic (exact) mass is 594 g/mol. The maximum Gasteiger partial charge on any atom is 0.338 e. The first kappa shape index (κ1) is 27.1. The zero-order chi connectivity index (χ0) is 26.5. The number of carbonyl (C=O) groups excluding carboxylic acids is 1. The van der Waals surface area contributed by atoms with Gasteiger partial charge in [-0.25, -0.2) is 23.4 Å². The molecule has 2 aliphatic heterocycles. The topological polar surface area (TPSA) is 104 Å². The van der Waals surface area contributed by atoms with Gasteiger partial charge in [-0.1, -0.05) is 28.1 Å². The van der Waals surface area contributed by atoms with E-state index in [1.807, 2.05) is 0 Å². The van der Waals surface area contributed by atoms with Gasteiger partial charge in [-0.05, 0) is 37.5 Å². The Hall–Kier alpha value is -2.96. The summed E-state index contributed by atoms with van der Waals surface area (Å²) in [6.07, 6.45) is 3.84. The molecule has 1 aromatic carbocycles. The molecule has 0 radical (unpaired) electrons. The van der Waals surface area contributed by atoms with Crippen molar-refractivity contribution >= 4 is 45.0 Å². The summed E-state index contributed by atoms with van der Waals surface area (Å²) in [6, 6.07) is 2.92. The van der Waals surface area contributed by atoms with Crippen LogP contribution in [0, 0.1) is 5.82 Å². The number of aliphatic imine (C=N–C) groups is 1. The lowest BCUT2D eigenvalue weighted by atomic mass is 9.94. The third-order valence-corrected chi connectivity index (χ3v) is 7.48. The van der Waals surface area contributed by atoms with Crippen molar-refractivity contribution in [1.82, 2.24) is 15.2 Å². The van der Waals surface area contributed by atoms with Crippen molar-refractivity contribution in [2.24, 2.45) is 4.99 Å². The normalized spacial score (nSPS) is 22.6. The molecule has 2 aliphatic rings. The number of aromatic nitrogens is 1. The molecule has 3 unspecified atom stereocenters. The van der Waals surface area contributed by atoms with Crippen LogP contribution in [0.25, 0.3) is 0 Å². The van der Waals surface area contributed by atoms with Crippen molar-refractivity contribution in [3.05, 3.63) is 74.1 Å². The van der Waals surface area contributed by atoms with Gasteiger partial charge >= 0.3 is 11.9 Å². The number of amidine groups is 1. The van der Waals surface area contributed by atoms with Gasteiger partial charge in [0.2, 0.25) is 0 Å². The molecule has 2 N–H and O–H groups in total. The van der Waals surface area contributed by atoms with Crippen molar-refractivity contribution in [2.75, 3.05) is 19.7 Å². The van der Waals surface area contributed by atoms with E-state index in [1.165, 1.54) is 29.5 Å². The van der Waals surface area contributed by atoms with E-state index in [2.05, 4.69) is 26.2 Å². The molecule has 1 saturated heterocycles. The number of hydrogen-bond acceptors (Lipinski definition) is 8. The lowest BCUT2D eigenvalue weighted by molar-refractivity contribution is -0.139. The predicted molar refractivity (Wildman–Crippen MR) is 139 cm³/mol. The summed E-state index contributed by atoms with van der Waals surface area (Å²) < 4.78 is 34.2. The number of ether oxygens (including phenoxy) is 1. The number of alkyl halides is 1. The third kappa shape index (κ3) is 6.49. The van der Waals surface area contributed by atoms with Gasteiger partial charge in [-0.15, -0.1) is 11.3 Å². The summed E-state index contributed by atoms with van der Waals surface area (Å²) in [7, 11) is 0. The van der Waals surface area contributed by atoms with Crippen molar-refractivity contribution in [3.63, 3.8) is 0 Å². The number of esters is 1. The van der Waals surface area contributed by atoms with E-state index in [9.17, 15) is 18.4 Å². The number of halogens is 3. The van der Waals surface area contributed by atoms with Crippen LogP contribution in [-0.4, -0.2) is 64.7 Å². The highest BCUT2D eigenvalue weighted by Gasteiger charge is 2.36. The molecule has 3 heterocycles. The zero-order valence-corrected chi connectivity index (χ0v) is 22.3. The lowest BCUT2D eigenvalue weighted by Crippen LogP contribution is -2.47. The molecule has 1 aromatic heterocycles. The minimum atomic E-state index is -1.10. The van der Waals surface area contributed by atoms with Crippen LogP contribution in [0.2, 0.25) is 0 Å². The standard InChI is InChI=1S/C25H25BrF2N4O4S/c1-2-36-25(35)21-19(13-32-12-15(28)3-5-16(32)6-8-20(33)34)30-23(24-29-9-10-37-24)31-22(21)17-7-4-14(27)11-18(17)26/h4,6-11,15-16,22H,2-3,5,12-13H2,1H3,(H,30,31)(H,33,34)/b8-6+. The highest BCUT2D eigenvalue weighted by molar-refractivity contribution is 9.10. The van der Waals surface area contributed by atoms with Crippen LogP contribution < -0.4 is 5.32 Å². The van der Waals surface area contributed by atoms with Gasteiger partial charge in [-0.3, -0.25) is 9.89 Å². The summed E-state index contributed by atoms with van der Waals surface area (Å²) in [5.41, 5.74) is 1.18. The van der Waals surface area contributed by atoms with Crippen molar-refractivity contribution in [2.45, 2.75) is 38.0 Å². The van der Waals surface area contributed by atoms with Gasteiger partial charge in [0.1, 0.15) is 18.0 Å². The smallest absolute Gasteiger partial charge is 0.338 e. The van der Waals surface area contributed by atoms with Gasteiger partial charge in [0.25, 0.3) is 0 Å². The van der Waals surface area contributed by atoms with E-state index >= 15 is 0 Å². The Labute approximate surface area is 224 Å². The predicted octanol–water partition coefficient (Wildman–Crippen LogP) is 4.40. The molecule has 37 heavy (non-hydrogen) atoms. The molecule has 0 amide bonds. The van der Waals surface area contributed by atoms with Crippen LogP contribution >= 0.6 is 27.3 Å². The molecule has 12 heteroatoms. The number of piperidine rings is 1. The number of nitrogens with zero attached hydrogens (tertiary/aromatic N) is 3. The maximum atomic E-state index is 14.5. The summed E-state index contributed by atoms with van der Waals surface area (Å²) in [4.78, 5) is 35.3. The fourth-order valence-electron chi connectivity index (χ4n) is 4.38. The second-order valence-corrected chi connectivity index (χ2v) is 10.2. The molecule has 0 saturated carbocycles. The second-order valence-electron chi connectivity index (χ2n) is 8.49. The average molecular weight is 595 g/mol. The first-order valence-corrected chi connectivity index (χ1v) is 13.3. The van der Waals surface area contributed by atoms with E-state index < -0.39 is 30.0 Å². The van der Waals surface area contributed by atoms with E-state index in [0.29, 0.717) is 39.4 Å². The quantitative estimate of drug-likeness (QED) is 0.345. The SMILES string of the molecule is CCOC(=O)C1=C(CN2CC(F)CCC2/C=C/C(=O)O)NC(c2nccs2)=NC1c1ccc(F)cc1Br. The van der Waals surface area contributed by atoms with Gasteiger partial charge in [0.15, 0.2) is 10.8 Å². The zero-order valence-electron chi connectivity index (χ0n) is 19.9. The van der Waals surface area contributed by atoms with Gasteiger partial charge in [0.05, 0.1) is 12.2 Å². The van der Waals surface area contributed by atoms with E-state index in [1.54, 1.807) is 29.5 Å². The maximum absolute atomic E-state index is 14.5. The lowest BCUT2D eigenvalue weighted by Gasteiger charge is -2.37. The second kappa shape index (κ2) is 12.1. The third-order valence-electron chi connectivity index (χ3n) is 6.01. The van der Waals surface area contributed by atoms with E-state index in [-0.39, 0.29) is 31.3 Å². The van der Waals surface area contributed by atoms with Crippen LogP contribution in [0.4, 0.5) is 8.78 Å². The first-order valence-electron chi connectivity index (χ1n) is 11.7. The van der Waals surface area contributed by atoms with Crippen LogP contribution in [0.1, 0.15) is 36.4 Å². The highest BCUT2D eigenvalue weighted by Crippen LogP contribution is 2.37. The Bertz CT molecular complexity index is 1250. The molecule has 196 valence electrons. The average Bonchev–Trinajstić information content (AvgIpc) is 3.38. The van der Waals surface area contributed by atoms with Crippen molar-refractivity contribution in [3.8, 4) is 0 Å². The Morgan fingerprint density at radius 1 is 1.38 bits per heavy atom. The number of nitrogens with one attached hydrogen (secondary N) is 1. The molecule has 3 atom stereocenters. The minimum absolute atomic E-state index is 0.0601. The Morgan fingerprint density at radius 2 is 2.19 bits per heavy atom. The molecule has 2 aromatic rings. The van der Waals surface area contributed by atoms with Crippen molar-refractivity contribution in [1.29, 1.82) is 0 Å². The fourth-order valence-corrected chi connectivity index (χ4v) is 5.53. The van der Waals surface area contributed by atoms with Crippen LogP contribution in [0.15, 0.2) is 62.7 Å². The van der Waals surface area contributed by atoms with Gasteiger partial charge < -0.3 is 15.2 Å². The molecule has 0 spiro atoms. The molecule has 4 rings (SSSR count). The first-order chi connectivity index (χ1) is 17.8. The molecular formula is C25H25BrF2N4O4S. The van der Waals surface area contributed by atoms with Gasteiger partial charge in [-0.2, -0.15) is 0 Å². The van der Waals surface area contributed by atoms with E-state index in [0.717, 1.165) is 6.08 Å². The van der Waals surface area contributed by atoms with Gasteiger partial charge in [0, 0.05) is 47.0 Å². The fraction of sp³-hybridized carbons (Fsp3) is 0.360. The minimum Gasteiger partial charge on any atom is -0.478 e. The number of thiazole rings is 1. The summed E-state index contributed by atoms with van der Waals surface area (Å²) in [5.74, 6) is -1.75. The molecule has 0 bridgehead atoms. The molecular weight excluding hydrogens is 570 g/mol. The Kier molecular flexibility index (Phi) is 8.83. The van der Waals surface area contributed by atoms with E-state index in [4.69, 9.17) is 14.8 Å². The Balaban J connectivity index is 1.82. The number of carbonyl (C=O) groups is 2. The molecule has 1 fully saturated rings. The largest absolute Gasteiger partial charge is 0.478 e. The number of carboxylic acids is 1.